The molecule has 142 valence electrons. The minimum atomic E-state index is -0.275. The number of piperidine rings is 1. The van der Waals surface area contributed by atoms with Crippen molar-refractivity contribution in [1.82, 2.24) is 15.2 Å². The monoisotopic (exact) mass is 369 g/mol. The number of rotatable bonds is 5. The molecule has 2 amide bonds. The third-order valence-electron chi connectivity index (χ3n) is 5.01. The molecule has 1 aliphatic heterocycles. The van der Waals surface area contributed by atoms with Gasteiger partial charge in [-0.1, -0.05) is 19.1 Å². The van der Waals surface area contributed by atoms with E-state index in [1.54, 1.807) is 36.7 Å². The number of nitrogens with zero attached hydrogens (tertiary/aromatic N) is 2. The highest BCUT2D eigenvalue weighted by Crippen LogP contribution is 2.20. The van der Waals surface area contributed by atoms with Crippen molar-refractivity contribution in [2.45, 2.75) is 38.1 Å². The molecule has 0 aliphatic carbocycles. The van der Waals surface area contributed by atoms with Gasteiger partial charge in [-0.2, -0.15) is 0 Å². The van der Waals surface area contributed by atoms with E-state index in [0.29, 0.717) is 25.1 Å². The van der Waals surface area contributed by atoms with Crippen molar-refractivity contribution < 1.29 is 14.0 Å². The van der Waals surface area contributed by atoms with Crippen LogP contribution in [0.4, 0.5) is 4.39 Å². The molecule has 1 N–H and O–H groups in total. The van der Waals surface area contributed by atoms with Gasteiger partial charge in [0.1, 0.15) is 5.82 Å². The molecule has 0 bridgehead atoms. The number of amides is 2. The van der Waals surface area contributed by atoms with Crippen LogP contribution in [0.25, 0.3) is 0 Å². The van der Waals surface area contributed by atoms with Gasteiger partial charge in [-0.15, -0.1) is 0 Å². The Morgan fingerprint density at radius 2 is 1.78 bits per heavy atom. The zero-order chi connectivity index (χ0) is 19.2. The summed E-state index contributed by atoms with van der Waals surface area (Å²) in [6.45, 7) is 3.21. The minimum absolute atomic E-state index is 0.00658. The molecule has 6 heteroatoms. The van der Waals surface area contributed by atoms with Crippen molar-refractivity contribution in [3.63, 3.8) is 0 Å². The smallest absolute Gasteiger partial charge is 0.253 e. The summed E-state index contributed by atoms with van der Waals surface area (Å²) >= 11 is 0. The SMILES string of the molecule is C[C@H](CC(=O)NC1CCN(C(=O)c2ccncc2)CC1)c1ccc(F)cc1. The van der Waals surface area contributed by atoms with Gasteiger partial charge in [0.05, 0.1) is 0 Å². The fourth-order valence-corrected chi connectivity index (χ4v) is 3.38. The van der Waals surface area contributed by atoms with E-state index in [9.17, 15) is 14.0 Å². The molecule has 27 heavy (non-hydrogen) atoms. The number of benzene rings is 1. The Morgan fingerprint density at radius 1 is 1.15 bits per heavy atom. The maximum Gasteiger partial charge on any atom is 0.253 e. The number of carbonyl (C=O) groups excluding carboxylic acids is 2. The molecule has 1 atom stereocenters. The van der Waals surface area contributed by atoms with Crippen LogP contribution in [0, 0.1) is 5.82 Å². The Kier molecular flexibility index (Phi) is 6.16. The van der Waals surface area contributed by atoms with Gasteiger partial charge < -0.3 is 10.2 Å². The molecule has 0 radical (unpaired) electrons. The lowest BCUT2D eigenvalue weighted by molar-refractivity contribution is -0.122. The van der Waals surface area contributed by atoms with E-state index in [1.165, 1.54) is 12.1 Å². The average Bonchev–Trinajstić information content (AvgIpc) is 2.69. The lowest BCUT2D eigenvalue weighted by atomic mass is 9.96. The molecule has 1 fully saturated rings. The van der Waals surface area contributed by atoms with Crippen LogP contribution >= 0.6 is 0 Å². The largest absolute Gasteiger partial charge is 0.353 e. The molecular formula is C21H24FN3O2. The second kappa shape index (κ2) is 8.75. The number of hydrogen-bond donors (Lipinski definition) is 1. The van der Waals surface area contributed by atoms with Crippen molar-refractivity contribution in [1.29, 1.82) is 0 Å². The predicted molar refractivity (Wildman–Crippen MR) is 101 cm³/mol. The van der Waals surface area contributed by atoms with Crippen molar-refractivity contribution in [2.24, 2.45) is 0 Å². The molecule has 3 rings (SSSR count). The van der Waals surface area contributed by atoms with E-state index in [1.807, 2.05) is 11.8 Å². The fourth-order valence-electron chi connectivity index (χ4n) is 3.38. The molecule has 0 saturated carbocycles. The van der Waals surface area contributed by atoms with Crippen LogP contribution in [0.5, 0.6) is 0 Å². The van der Waals surface area contributed by atoms with E-state index in [0.717, 1.165) is 18.4 Å². The van der Waals surface area contributed by atoms with Crippen LogP contribution in [0.1, 0.15) is 48.0 Å². The first-order valence-electron chi connectivity index (χ1n) is 9.27. The first-order valence-corrected chi connectivity index (χ1v) is 9.27. The number of hydrogen-bond acceptors (Lipinski definition) is 3. The first kappa shape index (κ1) is 19.0. The summed E-state index contributed by atoms with van der Waals surface area (Å²) < 4.78 is 13.0. The Bertz CT molecular complexity index is 772. The van der Waals surface area contributed by atoms with E-state index in [-0.39, 0.29) is 29.6 Å². The van der Waals surface area contributed by atoms with Gasteiger partial charge in [-0.25, -0.2) is 4.39 Å². The standard InChI is InChI=1S/C21H24FN3O2/c1-15(16-2-4-18(22)5-3-16)14-20(26)24-19-8-12-25(13-9-19)21(27)17-6-10-23-11-7-17/h2-7,10-11,15,19H,8-9,12-14H2,1H3,(H,24,26)/t15-/m1/s1. The van der Waals surface area contributed by atoms with Crippen LogP contribution in [0.15, 0.2) is 48.8 Å². The third-order valence-corrected chi connectivity index (χ3v) is 5.01. The van der Waals surface area contributed by atoms with Crippen LogP contribution in [-0.4, -0.2) is 40.8 Å². The minimum Gasteiger partial charge on any atom is -0.353 e. The maximum atomic E-state index is 13.0. The topological polar surface area (TPSA) is 62.3 Å². The lowest BCUT2D eigenvalue weighted by Crippen LogP contribution is -2.46. The summed E-state index contributed by atoms with van der Waals surface area (Å²) in [5.41, 5.74) is 1.59. The predicted octanol–water partition coefficient (Wildman–Crippen LogP) is 3.14. The normalized spacial score (nSPS) is 16.0. The quantitative estimate of drug-likeness (QED) is 0.881. The van der Waals surface area contributed by atoms with Gasteiger partial charge in [0.25, 0.3) is 5.91 Å². The average molecular weight is 369 g/mol. The highest BCUT2D eigenvalue weighted by atomic mass is 19.1. The first-order chi connectivity index (χ1) is 13.0. The number of halogens is 1. The molecule has 0 spiro atoms. The Balaban J connectivity index is 1.45. The van der Waals surface area contributed by atoms with Gasteiger partial charge in [-0.3, -0.25) is 14.6 Å². The highest BCUT2D eigenvalue weighted by Gasteiger charge is 2.25. The molecule has 1 aliphatic rings. The van der Waals surface area contributed by atoms with Gasteiger partial charge in [0, 0.05) is 43.5 Å². The Labute approximate surface area is 158 Å². The third kappa shape index (κ3) is 5.12. The molecule has 1 saturated heterocycles. The van der Waals surface area contributed by atoms with Crippen molar-refractivity contribution in [3.8, 4) is 0 Å². The highest BCUT2D eigenvalue weighted by molar-refractivity contribution is 5.94. The second-order valence-corrected chi connectivity index (χ2v) is 7.03. The van der Waals surface area contributed by atoms with Crippen molar-refractivity contribution in [2.75, 3.05) is 13.1 Å². The number of likely N-dealkylation sites (tertiary alicyclic amines) is 1. The van der Waals surface area contributed by atoms with E-state index < -0.39 is 0 Å². The second-order valence-electron chi connectivity index (χ2n) is 7.03. The van der Waals surface area contributed by atoms with Gasteiger partial charge in [0.2, 0.25) is 5.91 Å². The summed E-state index contributed by atoms with van der Waals surface area (Å²) in [4.78, 5) is 30.5. The lowest BCUT2D eigenvalue weighted by Gasteiger charge is -2.32. The van der Waals surface area contributed by atoms with E-state index in [4.69, 9.17) is 0 Å². The summed E-state index contributed by atoms with van der Waals surface area (Å²) in [5.74, 6) is -0.250. The molecule has 2 heterocycles. The van der Waals surface area contributed by atoms with Gasteiger partial charge in [0.15, 0.2) is 0 Å². The zero-order valence-electron chi connectivity index (χ0n) is 15.4. The fraction of sp³-hybridized carbons (Fsp3) is 0.381. The summed E-state index contributed by atoms with van der Waals surface area (Å²) in [6, 6.07) is 9.78. The molecule has 1 aromatic carbocycles. The summed E-state index contributed by atoms with van der Waals surface area (Å²) in [5, 5.41) is 3.07. The Hall–Kier alpha value is -2.76. The molecule has 0 unspecified atom stereocenters. The van der Waals surface area contributed by atoms with Crippen LogP contribution in [-0.2, 0) is 4.79 Å². The number of nitrogens with one attached hydrogen (secondary N) is 1. The molecule has 5 nitrogen and oxygen atoms in total. The van der Waals surface area contributed by atoms with Crippen LogP contribution < -0.4 is 5.32 Å². The van der Waals surface area contributed by atoms with E-state index >= 15 is 0 Å². The van der Waals surface area contributed by atoms with Gasteiger partial charge >= 0.3 is 0 Å². The molecule has 2 aromatic rings. The maximum absolute atomic E-state index is 13.0. The zero-order valence-corrected chi connectivity index (χ0v) is 15.4. The van der Waals surface area contributed by atoms with Crippen molar-refractivity contribution >= 4 is 11.8 Å². The molecular weight excluding hydrogens is 345 g/mol. The molecule has 1 aromatic heterocycles. The number of aromatic nitrogens is 1. The van der Waals surface area contributed by atoms with E-state index in [2.05, 4.69) is 10.3 Å². The van der Waals surface area contributed by atoms with Gasteiger partial charge in [-0.05, 0) is 48.6 Å². The Morgan fingerprint density at radius 3 is 2.41 bits per heavy atom. The van der Waals surface area contributed by atoms with Crippen molar-refractivity contribution in [3.05, 3.63) is 65.7 Å². The van der Waals surface area contributed by atoms with Crippen LogP contribution in [0.2, 0.25) is 0 Å². The number of pyridine rings is 1. The summed E-state index contributed by atoms with van der Waals surface area (Å²) in [7, 11) is 0. The van der Waals surface area contributed by atoms with Crippen LogP contribution in [0.3, 0.4) is 0 Å². The summed E-state index contributed by atoms with van der Waals surface area (Å²) in [6.07, 6.45) is 5.08. The number of carbonyl (C=O) groups is 2.